The van der Waals surface area contributed by atoms with E-state index < -0.39 is 0 Å². The van der Waals surface area contributed by atoms with Gasteiger partial charge in [-0.2, -0.15) is 0 Å². The summed E-state index contributed by atoms with van der Waals surface area (Å²) in [6.07, 6.45) is 1.89. The highest BCUT2D eigenvalue weighted by molar-refractivity contribution is 9.11. The second-order valence-corrected chi connectivity index (χ2v) is 5.98. The van der Waals surface area contributed by atoms with Crippen molar-refractivity contribution in [3.8, 4) is 5.75 Å². The lowest BCUT2D eigenvalue weighted by atomic mass is 9.87. The van der Waals surface area contributed by atoms with Gasteiger partial charge >= 0.3 is 0 Å². The first kappa shape index (κ1) is 16.2. The zero-order valence-electron chi connectivity index (χ0n) is 9.73. The van der Waals surface area contributed by atoms with E-state index in [1.54, 1.807) is 6.07 Å². The zero-order chi connectivity index (χ0) is 12.4. The highest BCUT2D eigenvalue weighted by Crippen LogP contribution is 2.40. The van der Waals surface area contributed by atoms with Crippen molar-refractivity contribution < 1.29 is 9.84 Å². The molecule has 0 unspecified atom stereocenters. The summed E-state index contributed by atoms with van der Waals surface area (Å²) in [4.78, 5) is 0. The van der Waals surface area contributed by atoms with Crippen LogP contribution in [-0.2, 0) is 4.74 Å². The summed E-state index contributed by atoms with van der Waals surface area (Å²) in [5, 5.41) is 10.1. The van der Waals surface area contributed by atoms with Crippen LogP contribution in [0.2, 0.25) is 0 Å². The molecular weight excluding hydrogens is 385 g/mol. The van der Waals surface area contributed by atoms with Crippen LogP contribution in [0.3, 0.4) is 0 Å². The number of rotatable bonds is 2. The molecule has 1 atom stereocenters. The molecule has 1 aromatic rings. The van der Waals surface area contributed by atoms with Gasteiger partial charge < -0.3 is 15.6 Å². The average molecular weight is 402 g/mol. The molecule has 0 saturated carbocycles. The van der Waals surface area contributed by atoms with Gasteiger partial charge in [0.05, 0.1) is 4.47 Å². The summed E-state index contributed by atoms with van der Waals surface area (Å²) in [6, 6.07) is 3.54. The van der Waals surface area contributed by atoms with Crippen LogP contribution in [0, 0.1) is 5.92 Å². The first-order chi connectivity index (χ1) is 8.11. The van der Waals surface area contributed by atoms with E-state index in [0.717, 1.165) is 36.1 Å². The van der Waals surface area contributed by atoms with Crippen molar-refractivity contribution >= 4 is 44.3 Å². The number of hydrogen-bond donors (Lipinski definition) is 2. The fraction of sp³-hybridized carbons (Fsp3) is 0.500. The SMILES string of the molecule is Cl.N[C@H](c1c(Br)ccc(Br)c1O)C1CCOCC1. The number of benzene rings is 1. The van der Waals surface area contributed by atoms with Gasteiger partial charge in [0.15, 0.2) is 0 Å². The number of phenolic OH excluding ortho intramolecular Hbond substituents is 1. The first-order valence-corrected chi connectivity index (χ1v) is 7.20. The fourth-order valence-electron chi connectivity index (χ4n) is 2.18. The summed E-state index contributed by atoms with van der Waals surface area (Å²) >= 11 is 6.78. The maximum atomic E-state index is 10.1. The number of phenols is 1. The molecule has 2 rings (SSSR count). The molecular formula is C12H16Br2ClNO2. The van der Waals surface area contributed by atoms with Gasteiger partial charge in [-0.3, -0.25) is 0 Å². The van der Waals surface area contributed by atoms with Crippen LogP contribution in [0.4, 0.5) is 0 Å². The number of hydrogen-bond acceptors (Lipinski definition) is 3. The van der Waals surface area contributed by atoms with Crippen molar-refractivity contribution in [2.24, 2.45) is 11.7 Å². The standard InChI is InChI=1S/C12H15Br2NO2.ClH/c13-8-1-2-9(14)12(16)10(8)11(15)7-3-5-17-6-4-7;/h1-2,7,11,16H,3-6,15H2;1H/t11-;/m0./s1. The van der Waals surface area contributed by atoms with Crippen molar-refractivity contribution in [2.75, 3.05) is 13.2 Å². The van der Waals surface area contributed by atoms with E-state index in [4.69, 9.17) is 10.5 Å². The lowest BCUT2D eigenvalue weighted by Crippen LogP contribution is -2.27. The number of aromatic hydroxyl groups is 1. The number of halogens is 3. The monoisotopic (exact) mass is 399 g/mol. The van der Waals surface area contributed by atoms with Crippen LogP contribution in [0.5, 0.6) is 5.75 Å². The molecule has 1 aromatic carbocycles. The highest BCUT2D eigenvalue weighted by Gasteiger charge is 2.26. The van der Waals surface area contributed by atoms with Crippen molar-refractivity contribution in [3.05, 3.63) is 26.6 Å². The third-order valence-corrected chi connectivity index (χ3v) is 4.55. The molecule has 1 heterocycles. The van der Waals surface area contributed by atoms with E-state index in [0.29, 0.717) is 10.4 Å². The molecule has 0 aromatic heterocycles. The molecule has 1 saturated heterocycles. The van der Waals surface area contributed by atoms with Crippen LogP contribution < -0.4 is 5.73 Å². The molecule has 0 radical (unpaired) electrons. The van der Waals surface area contributed by atoms with E-state index in [1.807, 2.05) is 6.07 Å². The van der Waals surface area contributed by atoms with Gasteiger partial charge in [-0.1, -0.05) is 15.9 Å². The van der Waals surface area contributed by atoms with E-state index in [-0.39, 0.29) is 24.2 Å². The maximum absolute atomic E-state index is 10.1. The Balaban J connectivity index is 0.00000162. The van der Waals surface area contributed by atoms with E-state index in [2.05, 4.69) is 31.9 Å². The van der Waals surface area contributed by atoms with Crippen molar-refractivity contribution in [2.45, 2.75) is 18.9 Å². The summed E-state index contributed by atoms with van der Waals surface area (Å²) in [7, 11) is 0. The lowest BCUT2D eigenvalue weighted by molar-refractivity contribution is 0.0580. The van der Waals surface area contributed by atoms with Crippen LogP contribution >= 0.6 is 44.3 Å². The predicted octanol–water partition coefficient (Wildman–Crippen LogP) is 3.77. The summed E-state index contributed by atoms with van der Waals surface area (Å²) in [5.74, 6) is 0.596. The van der Waals surface area contributed by atoms with Crippen molar-refractivity contribution in [3.63, 3.8) is 0 Å². The molecule has 3 nitrogen and oxygen atoms in total. The Morgan fingerprint density at radius 2 is 1.78 bits per heavy atom. The normalized spacial score (nSPS) is 18.2. The van der Waals surface area contributed by atoms with Crippen LogP contribution in [0.15, 0.2) is 21.1 Å². The molecule has 1 aliphatic rings. The van der Waals surface area contributed by atoms with Crippen molar-refractivity contribution in [1.82, 2.24) is 0 Å². The van der Waals surface area contributed by atoms with Gasteiger partial charge in [0.2, 0.25) is 0 Å². The van der Waals surface area contributed by atoms with E-state index in [1.165, 1.54) is 0 Å². The lowest BCUT2D eigenvalue weighted by Gasteiger charge is -2.29. The third kappa shape index (κ3) is 3.39. The number of nitrogens with two attached hydrogens (primary N) is 1. The summed E-state index contributed by atoms with van der Waals surface area (Å²) < 4.78 is 6.87. The van der Waals surface area contributed by atoms with Gasteiger partial charge in [0, 0.05) is 29.3 Å². The third-order valence-electron chi connectivity index (χ3n) is 3.22. The van der Waals surface area contributed by atoms with Crippen molar-refractivity contribution in [1.29, 1.82) is 0 Å². The Labute approximate surface area is 130 Å². The zero-order valence-corrected chi connectivity index (χ0v) is 13.7. The first-order valence-electron chi connectivity index (χ1n) is 5.61. The van der Waals surface area contributed by atoms with Gasteiger partial charge in [0.1, 0.15) is 5.75 Å². The van der Waals surface area contributed by atoms with E-state index >= 15 is 0 Å². The van der Waals surface area contributed by atoms with Crippen LogP contribution in [-0.4, -0.2) is 18.3 Å². The molecule has 1 fully saturated rings. The maximum Gasteiger partial charge on any atom is 0.135 e. The topological polar surface area (TPSA) is 55.5 Å². The van der Waals surface area contributed by atoms with E-state index in [9.17, 15) is 5.11 Å². The molecule has 6 heteroatoms. The minimum Gasteiger partial charge on any atom is -0.506 e. The molecule has 102 valence electrons. The Bertz CT molecular complexity index is 411. The molecule has 18 heavy (non-hydrogen) atoms. The average Bonchev–Trinajstić information content (AvgIpc) is 2.35. The summed E-state index contributed by atoms with van der Waals surface area (Å²) in [5.41, 5.74) is 7.06. The number of ether oxygens (including phenoxy) is 1. The Kier molecular flexibility index (Phi) is 6.41. The molecule has 0 spiro atoms. The van der Waals surface area contributed by atoms with Gasteiger partial charge in [0.25, 0.3) is 0 Å². The predicted molar refractivity (Wildman–Crippen MR) is 81.2 cm³/mol. The van der Waals surface area contributed by atoms with Gasteiger partial charge in [-0.15, -0.1) is 12.4 Å². The largest absolute Gasteiger partial charge is 0.506 e. The molecule has 0 aliphatic carbocycles. The summed E-state index contributed by atoms with van der Waals surface area (Å²) in [6.45, 7) is 1.51. The Morgan fingerprint density at radius 3 is 2.39 bits per heavy atom. The van der Waals surface area contributed by atoms with Crippen LogP contribution in [0.1, 0.15) is 24.4 Å². The smallest absolute Gasteiger partial charge is 0.135 e. The second-order valence-electron chi connectivity index (χ2n) is 4.27. The highest BCUT2D eigenvalue weighted by atomic mass is 79.9. The van der Waals surface area contributed by atoms with Gasteiger partial charge in [-0.25, -0.2) is 0 Å². The fourth-order valence-corrected chi connectivity index (χ4v) is 3.11. The minimum atomic E-state index is -0.161. The minimum absolute atomic E-state index is 0. The van der Waals surface area contributed by atoms with Crippen LogP contribution in [0.25, 0.3) is 0 Å². The van der Waals surface area contributed by atoms with Gasteiger partial charge in [-0.05, 0) is 46.8 Å². The molecule has 1 aliphatic heterocycles. The Hall–Kier alpha value is 0.190. The quantitative estimate of drug-likeness (QED) is 0.793. The molecule has 3 N–H and O–H groups in total. The molecule has 0 bridgehead atoms. The Morgan fingerprint density at radius 1 is 1.22 bits per heavy atom. The molecule has 0 amide bonds. The second kappa shape index (κ2) is 7.10.